The van der Waals surface area contributed by atoms with Crippen LogP contribution in [0.25, 0.3) is 5.57 Å². The number of para-hydroxylation sites is 1. The van der Waals surface area contributed by atoms with Gasteiger partial charge in [0.1, 0.15) is 17.4 Å². The molecule has 11 heteroatoms. The first-order valence-corrected chi connectivity index (χ1v) is 11.6. The van der Waals surface area contributed by atoms with Crippen LogP contribution in [0.2, 0.25) is 5.02 Å². The van der Waals surface area contributed by atoms with Crippen molar-refractivity contribution in [3.8, 4) is 5.75 Å². The Morgan fingerprint density at radius 2 is 2.03 bits per heavy atom. The Bertz CT molecular complexity index is 1270. The Hall–Kier alpha value is -3.89. The SMILES string of the molecule is C=C(C(=O)O)c1ccccc1Nc1nc(Nc2ccc(NC3CN(CCF)C3)cc2OC)ncc1Cl. The molecule has 1 aromatic heterocycles. The van der Waals surface area contributed by atoms with Crippen LogP contribution in [0.5, 0.6) is 5.75 Å². The fourth-order valence-electron chi connectivity index (χ4n) is 3.82. The number of ether oxygens (including phenoxy) is 1. The summed E-state index contributed by atoms with van der Waals surface area (Å²) in [7, 11) is 1.57. The van der Waals surface area contributed by atoms with E-state index in [0.29, 0.717) is 35.1 Å². The molecule has 3 aromatic rings. The molecule has 2 heterocycles. The monoisotopic (exact) mass is 512 g/mol. The molecule has 2 aromatic carbocycles. The van der Waals surface area contributed by atoms with Crippen molar-refractivity contribution >= 4 is 52.0 Å². The molecule has 1 saturated heterocycles. The fraction of sp³-hybridized carbons (Fsp3) is 0.240. The first-order valence-electron chi connectivity index (χ1n) is 11.2. The number of hydrogen-bond donors (Lipinski definition) is 4. The quantitative estimate of drug-likeness (QED) is 0.269. The minimum absolute atomic E-state index is 0.0583. The molecule has 1 fully saturated rings. The van der Waals surface area contributed by atoms with Crippen LogP contribution < -0.4 is 20.7 Å². The summed E-state index contributed by atoms with van der Waals surface area (Å²) in [5, 5.41) is 19.2. The van der Waals surface area contributed by atoms with Gasteiger partial charge in [-0.1, -0.05) is 36.4 Å². The summed E-state index contributed by atoms with van der Waals surface area (Å²) >= 11 is 6.31. The van der Waals surface area contributed by atoms with Crippen LogP contribution >= 0.6 is 11.6 Å². The molecule has 0 bridgehead atoms. The van der Waals surface area contributed by atoms with E-state index < -0.39 is 5.97 Å². The standard InChI is InChI=1S/C25H26ClFN6O3/c1-15(24(34)35)18-5-3-4-6-20(18)30-23-19(26)12-28-25(32-23)31-21-8-7-16(11-22(21)36-2)29-17-13-33(14-17)10-9-27/h3-8,11-12,17,29H,1,9-10,13-14H2,2H3,(H,34,35)(H2,28,30,31,32). The van der Waals surface area contributed by atoms with Gasteiger partial charge < -0.3 is 25.8 Å². The van der Waals surface area contributed by atoms with Gasteiger partial charge in [0.25, 0.3) is 0 Å². The van der Waals surface area contributed by atoms with Gasteiger partial charge in [0, 0.05) is 42.6 Å². The molecule has 1 aliphatic heterocycles. The molecule has 0 unspecified atom stereocenters. The van der Waals surface area contributed by atoms with Crippen molar-refractivity contribution in [1.29, 1.82) is 0 Å². The zero-order chi connectivity index (χ0) is 25.7. The highest BCUT2D eigenvalue weighted by atomic mass is 35.5. The number of hydrogen-bond acceptors (Lipinski definition) is 8. The van der Waals surface area contributed by atoms with Crippen molar-refractivity contribution in [2.24, 2.45) is 0 Å². The number of carbonyl (C=O) groups is 1. The second-order valence-corrected chi connectivity index (χ2v) is 8.58. The Morgan fingerprint density at radius 3 is 2.75 bits per heavy atom. The molecule has 0 atom stereocenters. The number of aromatic nitrogens is 2. The number of nitrogens with zero attached hydrogens (tertiary/aromatic N) is 3. The van der Waals surface area contributed by atoms with E-state index in [9.17, 15) is 14.3 Å². The number of carboxylic acid groups (broad SMARTS) is 1. The Morgan fingerprint density at radius 1 is 1.25 bits per heavy atom. The first kappa shape index (κ1) is 25.2. The molecule has 0 radical (unpaired) electrons. The molecule has 0 aliphatic carbocycles. The lowest BCUT2D eigenvalue weighted by atomic mass is 10.1. The third-order valence-corrected chi connectivity index (χ3v) is 5.96. The van der Waals surface area contributed by atoms with Gasteiger partial charge >= 0.3 is 5.97 Å². The number of halogens is 2. The molecule has 0 amide bonds. The van der Waals surface area contributed by atoms with Crippen LogP contribution in [0, 0.1) is 0 Å². The predicted octanol–water partition coefficient (Wildman–Crippen LogP) is 4.79. The third kappa shape index (κ3) is 5.84. The normalized spacial score (nSPS) is 13.5. The predicted molar refractivity (Wildman–Crippen MR) is 140 cm³/mol. The van der Waals surface area contributed by atoms with E-state index in [1.54, 1.807) is 31.4 Å². The van der Waals surface area contributed by atoms with Crippen LogP contribution in [-0.2, 0) is 4.79 Å². The van der Waals surface area contributed by atoms with Gasteiger partial charge in [-0.25, -0.2) is 14.2 Å². The van der Waals surface area contributed by atoms with Crippen molar-refractivity contribution in [3.05, 3.63) is 65.8 Å². The second-order valence-electron chi connectivity index (χ2n) is 8.17. The zero-order valence-corrected chi connectivity index (χ0v) is 20.3. The molecule has 0 saturated carbocycles. The summed E-state index contributed by atoms with van der Waals surface area (Å²) in [6.07, 6.45) is 1.44. The first-order chi connectivity index (χ1) is 17.4. The van der Waals surface area contributed by atoms with Crippen molar-refractivity contribution in [1.82, 2.24) is 14.9 Å². The lowest BCUT2D eigenvalue weighted by Gasteiger charge is -2.39. The molecule has 1 aliphatic rings. The van der Waals surface area contributed by atoms with Gasteiger partial charge in [-0.05, 0) is 18.2 Å². The molecular formula is C25H26ClFN6O3. The summed E-state index contributed by atoms with van der Waals surface area (Å²) in [5.41, 5.74) is 2.38. The highest BCUT2D eigenvalue weighted by Gasteiger charge is 2.26. The number of carboxylic acids is 1. The number of anilines is 5. The van der Waals surface area contributed by atoms with Crippen LogP contribution in [0.1, 0.15) is 5.56 Å². The molecule has 188 valence electrons. The number of likely N-dealkylation sites (tertiary alicyclic amines) is 1. The number of nitrogens with one attached hydrogen (secondary N) is 3. The lowest BCUT2D eigenvalue weighted by molar-refractivity contribution is -0.130. The topological polar surface area (TPSA) is 112 Å². The Kier molecular flexibility index (Phi) is 7.87. The van der Waals surface area contributed by atoms with Crippen LogP contribution in [0.15, 0.2) is 55.2 Å². The number of methoxy groups -OCH3 is 1. The van der Waals surface area contributed by atoms with Gasteiger partial charge in [0.05, 0.1) is 30.6 Å². The average Bonchev–Trinajstić information content (AvgIpc) is 2.85. The van der Waals surface area contributed by atoms with Crippen LogP contribution in [0.4, 0.5) is 33.2 Å². The van der Waals surface area contributed by atoms with E-state index in [4.69, 9.17) is 16.3 Å². The van der Waals surface area contributed by atoms with Gasteiger partial charge in [-0.15, -0.1) is 0 Å². The highest BCUT2D eigenvalue weighted by molar-refractivity contribution is 6.33. The summed E-state index contributed by atoms with van der Waals surface area (Å²) in [6, 6.07) is 12.7. The van der Waals surface area contributed by atoms with Gasteiger partial charge in [0.15, 0.2) is 5.82 Å². The van der Waals surface area contributed by atoms with Crippen molar-refractivity contribution in [2.75, 3.05) is 49.4 Å². The number of aliphatic carboxylic acids is 1. The second kappa shape index (κ2) is 11.2. The summed E-state index contributed by atoms with van der Waals surface area (Å²) < 4.78 is 18.0. The average molecular weight is 513 g/mol. The van der Waals surface area contributed by atoms with E-state index in [1.165, 1.54) is 6.20 Å². The summed E-state index contributed by atoms with van der Waals surface area (Å²) in [5.74, 6) is 0.00657. The maximum absolute atomic E-state index is 12.4. The maximum Gasteiger partial charge on any atom is 0.335 e. The van der Waals surface area contributed by atoms with Crippen LogP contribution in [-0.4, -0.2) is 65.4 Å². The molecular weight excluding hydrogens is 487 g/mol. The van der Waals surface area contributed by atoms with E-state index >= 15 is 0 Å². The zero-order valence-electron chi connectivity index (χ0n) is 19.6. The van der Waals surface area contributed by atoms with Gasteiger partial charge in [-0.3, -0.25) is 4.90 Å². The van der Waals surface area contributed by atoms with E-state index in [0.717, 1.165) is 18.8 Å². The fourth-order valence-corrected chi connectivity index (χ4v) is 3.96. The number of benzene rings is 2. The van der Waals surface area contributed by atoms with E-state index in [-0.39, 0.29) is 29.3 Å². The molecule has 4 rings (SSSR count). The third-order valence-electron chi connectivity index (χ3n) is 5.68. The summed E-state index contributed by atoms with van der Waals surface area (Å²) in [4.78, 5) is 22.2. The minimum atomic E-state index is -1.13. The van der Waals surface area contributed by atoms with Crippen LogP contribution in [0.3, 0.4) is 0 Å². The van der Waals surface area contributed by atoms with Crippen molar-refractivity contribution in [3.63, 3.8) is 0 Å². The highest BCUT2D eigenvalue weighted by Crippen LogP contribution is 2.33. The van der Waals surface area contributed by atoms with Crippen molar-refractivity contribution < 1.29 is 19.0 Å². The smallest absolute Gasteiger partial charge is 0.335 e. The largest absolute Gasteiger partial charge is 0.494 e. The molecule has 36 heavy (non-hydrogen) atoms. The number of alkyl halides is 1. The summed E-state index contributed by atoms with van der Waals surface area (Å²) in [6.45, 7) is 5.35. The minimum Gasteiger partial charge on any atom is -0.494 e. The lowest BCUT2D eigenvalue weighted by Crippen LogP contribution is -2.55. The maximum atomic E-state index is 12.4. The van der Waals surface area contributed by atoms with Crippen molar-refractivity contribution in [2.45, 2.75) is 6.04 Å². The van der Waals surface area contributed by atoms with Gasteiger partial charge in [0.2, 0.25) is 5.95 Å². The Balaban J connectivity index is 1.49. The van der Waals surface area contributed by atoms with E-state index in [2.05, 4.69) is 32.5 Å². The van der Waals surface area contributed by atoms with Gasteiger partial charge in [-0.2, -0.15) is 4.98 Å². The molecule has 4 N–H and O–H groups in total. The molecule has 9 nitrogen and oxygen atoms in total. The Labute approximate surface area is 213 Å². The number of rotatable bonds is 11. The van der Waals surface area contributed by atoms with E-state index in [1.807, 2.05) is 23.1 Å². The molecule has 0 spiro atoms.